The number of hydrogen-bond donors (Lipinski definition) is 3. The molecular formula is C14H14N4O2S. The van der Waals surface area contributed by atoms with E-state index in [1.165, 1.54) is 0 Å². The maximum atomic E-state index is 12.0. The molecule has 0 saturated carbocycles. The second-order valence-electron chi connectivity index (χ2n) is 4.68. The second kappa shape index (κ2) is 5.53. The van der Waals surface area contributed by atoms with Crippen LogP contribution >= 0.6 is 11.3 Å². The Morgan fingerprint density at radius 1 is 1.33 bits per heavy atom. The fourth-order valence-electron chi connectivity index (χ4n) is 2.12. The summed E-state index contributed by atoms with van der Waals surface area (Å²) in [7, 11) is 0. The van der Waals surface area contributed by atoms with Gasteiger partial charge in [-0.2, -0.15) is 0 Å². The number of thiazole rings is 1. The lowest BCUT2D eigenvalue weighted by molar-refractivity contribution is 0.0957. The molecule has 21 heavy (non-hydrogen) atoms. The molecule has 1 amide bonds. The minimum Gasteiger partial charge on any atom is -0.351 e. The van der Waals surface area contributed by atoms with Gasteiger partial charge >= 0.3 is 4.87 Å². The van der Waals surface area contributed by atoms with Crippen LogP contribution in [0.4, 0.5) is 0 Å². The van der Waals surface area contributed by atoms with Crippen molar-refractivity contribution in [3.05, 3.63) is 50.3 Å². The van der Waals surface area contributed by atoms with Crippen molar-refractivity contribution in [2.24, 2.45) is 0 Å². The van der Waals surface area contributed by atoms with Gasteiger partial charge in [0.25, 0.3) is 5.91 Å². The summed E-state index contributed by atoms with van der Waals surface area (Å²) in [6, 6.07) is 7.79. The predicted octanol–water partition coefficient (Wildman–Crippen LogP) is 1.59. The van der Waals surface area contributed by atoms with E-state index in [-0.39, 0.29) is 10.8 Å². The largest absolute Gasteiger partial charge is 0.351 e. The molecule has 2 heterocycles. The normalized spacial score (nSPS) is 10.9. The lowest BCUT2D eigenvalue weighted by Crippen LogP contribution is -2.25. The number of carbonyl (C=O) groups is 1. The van der Waals surface area contributed by atoms with Crippen molar-refractivity contribution >= 4 is 28.3 Å². The third-order valence-corrected chi connectivity index (χ3v) is 4.10. The standard InChI is InChI=1S/C14H14N4O2S/c1-8-12(21-14(20)16-8)13(19)15-7-6-11-17-9-4-2-3-5-10(9)18-11/h2-5H,6-7H2,1H3,(H,15,19)(H,16,20)(H,17,18). The zero-order chi connectivity index (χ0) is 14.8. The van der Waals surface area contributed by atoms with Gasteiger partial charge in [-0.1, -0.05) is 23.5 Å². The molecule has 0 fully saturated rings. The Morgan fingerprint density at radius 2 is 2.14 bits per heavy atom. The van der Waals surface area contributed by atoms with Crippen LogP contribution in [0.3, 0.4) is 0 Å². The van der Waals surface area contributed by atoms with E-state index in [0.717, 1.165) is 28.2 Å². The summed E-state index contributed by atoms with van der Waals surface area (Å²) in [5.74, 6) is 0.599. The number of hydrogen-bond acceptors (Lipinski definition) is 4. The molecule has 0 saturated heterocycles. The van der Waals surface area contributed by atoms with E-state index in [9.17, 15) is 9.59 Å². The van der Waals surface area contributed by atoms with E-state index in [0.29, 0.717) is 23.5 Å². The smallest absolute Gasteiger partial charge is 0.305 e. The van der Waals surface area contributed by atoms with Crippen molar-refractivity contribution < 1.29 is 4.79 Å². The molecule has 3 N–H and O–H groups in total. The molecule has 0 bridgehead atoms. The van der Waals surface area contributed by atoms with E-state index < -0.39 is 0 Å². The van der Waals surface area contributed by atoms with Crippen LogP contribution in [0.25, 0.3) is 11.0 Å². The Kier molecular flexibility index (Phi) is 3.57. The number of carbonyl (C=O) groups excluding carboxylic acids is 1. The van der Waals surface area contributed by atoms with Crippen LogP contribution in [0.5, 0.6) is 0 Å². The van der Waals surface area contributed by atoms with Gasteiger partial charge in [0.2, 0.25) is 0 Å². The maximum absolute atomic E-state index is 12.0. The van der Waals surface area contributed by atoms with E-state index in [4.69, 9.17) is 0 Å². The molecule has 0 aliphatic rings. The van der Waals surface area contributed by atoms with Crippen molar-refractivity contribution in [3.8, 4) is 0 Å². The van der Waals surface area contributed by atoms with Gasteiger partial charge < -0.3 is 15.3 Å². The van der Waals surface area contributed by atoms with Crippen LogP contribution in [-0.4, -0.2) is 27.4 Å². The molecule has 1 aromatic carbocycles. The zero-order valence-electron chi connectivity index (χ0n) is 11.4. The van der Waals surface area contributed by atoms with Gasteiger partial charge in [0.1, 0.15) is 10.7 Å². The Labute approximate surface area is 124 Å². The first-order valence-electron chi connectivity index (χ1n) is 6.55. The van der Waals surface area contributed by atoms with Crippen LogP contribution in [-0.2, 0) is 6.42 Å². The van der Waals surface area contributed by atoms with Gasteiger partial charge in [-0.15, -0.1) is 0 Å². The van der Waals surface area contributed by atoms with Gasteiger partial charge in [-0.3, -0.25) is 9.59 Å². The molecule has 0 aliphatic carbocycles. The first kappa shape index (κ1) is 13.6. The van der Waals surface area contributed by atoms with Gasteiger partial charge in [0.05, 0.1) is 11.0 Å². The summed E-state index contributed by atoms with van der Waals surface area (Å²) in [6.07, 6.45) is 0.610. The molecule has 0 aliphatic heterocycles. The number of rotatable bonds is 4. The number of aryl methyl sites for hydroxylation is 1. The minimum absolute atomic E-state index is 0.213. The third-order valence-electron chi connectivity index (χ3n) is 3.12. The fourth-order valence-corrected chi connectivity index (χ4v) is 2.88. The first-order chi connectivity index (χ1) is 10.1. The van der Waals surface area contributed by atoms with Crippen LogP contribution in [0, 0.1) is 6.92 Å². The Morgan fingerprint density at radius 3 is 2.86 bits per heavy atom. The monoisotopic (exact) mass is 302 g/mol. The molecule has 0 atom stereocenters. The molecule has 3 rings (SSSR count). The highest BCUT2D eigenvalue weighted by atomic mass is 32.1. The van der Waals surface area contributed by atoms with Crippen molar-refractivity contribution in [2.75, 3.05) is 6.54 Å². The van der Waals surface area contributed by atoms with Crippen molar-refractivity contribution in [3.63, 3.8) is 0 Å². The molecule has 108 valence electrons. The molecule has 0 unspecified atom stereocenters. The Balaban J connectivity index is 1.62. The number of nitrogens with zero attached hydrogens (tertiary/aromatic N) is 1. The number of nitrogens with one attached hydrogen (secondary N) is 3. The lowest BCUT2D eigenvalue weighted by atomic mass is 10.3. The summed E-state index contributed by atoms with van der Waals surface area (Å²) < 4.78 is 0. The average Bonchev–Trinajstić information content (AvgIpc) is 3.01. The number of fused-ring (bicyclic) bond motifs is 1. The van der Waals surface area contributed by atoms with Crippen molar-refractivity contribution in [1.29, 1.82) is 0 Å². The topological polar surface area (TPSA) is 90.6 Å². The Hall–Kier alpha value is -2.41. The quantitative estimate of drug-likeness (QED) is 0.683. The zero-order valence-corrected chi connectivity index (χ0v) is 12.2. The molecule has 6 nitrogen and oxygen atoms in total. The van der Waals surface area contributed by atoms with E-state index in [1.807, 2.05) is 24.3 Å². The highest BCUT2D eigenvalue weighted by molar-refractivity contribution is 7.11. The van der Waals surface area contributed by atoms with Crippen LogP contribution in [0.1, 0.15) is 21.2 Å². The number of H-pyrrole nitrogens is 2. The molecule has 2 aromatic heterocycles. The van der Waals surface area contributed by atoms with Gasteiger partial charge in [-0.25, -0.2) is 4.98 Å². The predicted molar refractivity (Wildman–Crippen MR) is 81.8 cm³/mol. The summed E-state index contributed by atoms with van der Waals surface area (Å²) in [5.41, 5.74) is 2.50. The van der Waals surface area contributed by atoms with Crippen molar-refractivity contribution in [2.45, 2.75) is 13.3 Å². The SMILES string of the molecule is Cc1[nH]c(=O)sc1C(=O)NCCc1nc2ccccc2[nH]1. The van der Waals surface area contributed by atoms with Gasteiger partial charge in [0.15, 0.2) is 0 Å². The minimum atomic E-state index is -0.230. The van der Waals surface area contributed by atoms with Crippen molar-refractivity contribution in [1.82, 2.24) is 20.3 Å². The van der Waals surface area contributed by atoms with Crippen LogP contribution < -0.4 is 10.2 Å². The molecule has 0 spiro atoms. The molecule has 7 heteroatoms. The summed E-state index contributed by atoms with van der Waals surface area (Å²) >= 11 is 0.926. The number of para-hydroxylation sites is 2. The van der Waals surface area contributed by atoms with Gasteiger partial charge in [0, 0.05) is 18.7 Å². The Bertz CT molecular complexity index is 813. The average molecular weight is 302 g/mol. The maximum Gasteiger partial charge on any atom is 0.305 e. The van der Waals surface area contributed by atoms with E-state index in [1.54, 1.807) is 6.92 Å². The summed E-state index contributed by atoms with van der Waals surface area (Å²) in [4.78, 5) is 33.6. The summed E-state index contributed by atoms with van der Waals surface area (Å²) in [6.45, 7) is 2.18. The van der Waals surface area contributed by atoms with Crippen LogP contribution in [0.2, 0.25) is 0 Å². The lowest BCUT2D eigenvalue weighted by Gasteiger charge is -2.02. The van der Waals surface area contributed by atoms with E-state index in [2.05, 4.69) is 20.3 Å². The van der Waals surface area contributed by atoms with Gasteiger partial charge in [-0.05, 0) is 19.1 Å². The molecular weight excluding hydrogens is 288 g/mol. The number of aromatic nitrogens is 3. The van der Waals surface area contributed by atoms with Crippen LogP contribution in [0.15, 0.2) is 29.1 Å². The number of imidazole rings is 1. The van der Waals surface area contributed by atoms with E-state index >= 15 is 0 Å². The second-order valence-corrected chi connectivity index (χ2v) is 5.66. The number of benzene rings is 1. The molecule has 3 aromatic rings. The molecule has 0 radical (unpaired) electrons. The number of aromatic amines is 2. The highest BCUT2D eigenvalue weighted by Gasteiger charge is 2.12. The highest BCUT2D eigenvalue weighted by Crippen LogP contribution is 2.10. The third kappa shape index (κ3) is 2.87. The number of amides is 1. The fraction of sp³-hybridized carbons (Fsp3) is 0.214. The first-order valence-corrected chi connectivity index (χ1v) is 7.36. The summed E-state index contributed by atoms with van der Waals surface area (Å²) in [5, 5.41) is 2.80.